The number of rotatable bonds is 6. The second-order valence-electron chi connectivity index (χ2n) is 4.78. The zero-order valence-electron chi connectivity index (χ0n) is 12.4. The maximum atomic E-state index is 12.5. The van der Waals surface area contributed by atoms with Gasteiger partial charge in [-0.25, -0.2) is 13.1 Å². The topological polar surface area (TPSA) is 76.7 Å². The fraction of sp³-hybridized carbons (Fsp3) is 0.538. The average molecular weight is 416 g/mol. The van der Waals surface area contributed by atoms with E-state index in [1.165, 1.54) is 20.3 Å². The Kier molecular flexibility index (Phi) is 7.40. The lowest BCUT2D eigenvalue weighted by Gasteiger charge is -2.15. The monoisotopic (exact) mass is 414 g/mol. The lowest BCUT2D eigenvalue weighted by molar-refractivity contribution is 0.390. The molecule has 1 atom stereocenters. The van der Waals surface area contributed by atoms with Crippen molar-refractivity contribution in [2.75, 3.05) is 27.3 Å². The molecule has 0 saturated carbocycles. The Morgan fingerprint density at radius 2 is 2.00 bits per heavy atom. The summed E-state index contributed by atoms with van der Waals surface area (Å²) in [7, 11) is -0.734. The number of methoxy groups -OCH3 is 2. The molecule has 1 aliphatic heterocycles. The van der Waals surface area contributed by atoms with E-state index in [0.29, 0.717) is 16.8 Å². The summed E-state index contributed by atoms with van der Waals surface area (Å²) in [5.74, 6) is 0.713. The first-order valence-electron chi connectivity index (χ1n) is 6.62. The Morgan fingerprint density at radius 1 is 1.32 bits per heavy atom. The summed E-state index contributed by atoms with van der Waals surface area (Å²) in [5, 5.41) is 3.25. The molecule has 1 aromatic rings. The summed E-state index contributed by atoms with van der Waals surface area (Å²) < 4.78 is 38.5. The molecule has 0 amide bonds. The van der Waals surface area contributed by atoms with Crippen LogP contribution in [0.15, 0.2) is 21.5 Å². The van der Waals surface area contributed by atoms with Gasteiger partial charge in [0, 0.05) is 18.7 Å². The number of sulfonamides is 1. The highest BCUT2D eigenvalue weighted by Gasteiger charge is 2.24. The summed E-state index contributed by atoms with van der Waals surface area (Å²) in [4.78, 5) is 0.0723. The number of halogens is 2. The molecule has 9 heteroatoms. The first kappa shape index (κ1) is 19.5. The minimum absolute atomic E-state index is 0. The highest BCUT2D eigenvalue weighted by molar-refractivity contribution is 9.10. The zero-order chi connectivity index (χ0) is 15.5. The third kappa shape index (κ3) is 4.48. The molecule has 1 heterocycles. The van der Waals surface area contributed by atoms with Crippen molar-refractivity contribution in [3.63, 3.8) is 0 Å². The summed E-state index contributed by atoms with van der Waals surface area (Å²) in [6.07, 6.45) is 2.05. The van der Waals surface area contributed by atoms with Crippen LogP contribution in [0.1, 0.15) is 12.8 Å². The largest absolute Gasteiger partial charge is 0.496 e. The molecule has 0 spiro atoms. The number of hydrogen-bond acceptors (Lipinski definition) is 5. The molecular weight excluding hydrogens is 396 g/mol. The van der Waals surface area contributed by atoms with Gasteiger partial charge in [0.25, 0.3) is 0 Å². The van der Waals surface area contributed by atoms with Crippen LogP contribution in [-0.4, -0.2) is 41.8 Å². The van der Waals surface area contributed by atoms with Gasteiger partial charge in [0.1, 0.15) is 16.4 Å². The first-order chi connectivity index (χ1) is 9.97. The zero-order valence-corrected chi connectivity index (χ0v) is 15.6. The molecule has 6 nitrogen and oxygen atoms in total. The van der Waals surface area contributed by atoms with Crippen molar-refractivity contribution < 1.29 is 17.9 Å². The van der Waals surface area contributed by atoms with E-state index in [2.05, 4.69) is 26.0 Å². The van der Waals surface area contributed by atoms with Gasteiger partial charge in [-0.1, -0.05) is 0 Å². The van der Waals surface area contributed by atoms with Gasteiger partial charge in [-0.05, 0) is 41.4 Å². The summed E-state index contributed by atoms with van der Waals surface area (Å²) >= 11 is 3.31. The van der Waals surface area contributed by atoms with Gasteiger partial charge < -0.3 is 14.8 Å². The van der Waals surface area contributed by atoms with Gasteiger partial charge in [0.15, 0.2) is 0 Å². The average Bonchev–Trinajstić information content (AvgIpc) is 2.98. The van der Waals surface area contributed by atoms with Crippen molar-refractivity contribution in [3.8, 4) is 11.5 Å². The van der Waals surface area contributed by atoms with Crippen molar-refractivity contribution in [1.82, 2.24) is 10.0 Å². The van der Waals surface area contributed by atoms with Gasteiger partial charge in [-0.15, -0.1) is 12.4 Å². The Labute approximate surface area is 145 Å². The molecule has 1 aliphatic rings. The predicted molar refractivity (Wildman–Crippen MR) is 90.7 cm³/mol. The number of hydrogen-bond donors (Lipinski definition) is 2. The van der Waals surface area contributed by atoms with Crippen molar-refractivity contribution in [3.05, 3.63) is 16.6 Å². The summed E-state index contributed by atoms with van der Waals surface area (Å²) in [5.41, 5.74) is 0. The molecule has 0 aromatic heterocycles. The Balaban J connectivity index is 0.00000242. The minimum atomic E-state index is -3.66. The van der Waals surface area contributed by atoms with Crippen LogP contribution in [0, 0.1) is 0 Å². The SMILES string of the molecule is COc1cc(S(=O)(=O)NCC2CCCN2)c(OC)cc1Br.Cl. The Bertz CT molecular complexity index is 606. The molecule has 1 unspecified atom stereocenters. The van der Waals surface area contributed by atoms with Gasteiger partial charge >= 0.3 is 0 Å². The minimum Gasteiger partial charge on any atom is -0.496 e. The van der Waals surface area contributed by atoms with E-state index >= 15 is 0 Å². The van der Waals surface area contributed by atoms with Crippen LogP contribution < -0.4 is 19.5 Å². The van der Waals surface area contributed by atoms with Crippen molar-refractivity contribution in [2.45, 2.75) is 23.8 Å². The lowest BCUT2D eigenvalue weighted by Crippen LogP contribution is -2.37. The van der Waals surface area contributed by atoms with Crippen LogP contribution in [0.2, 0.25) is 0 Å². The van der Waals surface area contributed by atoms with E-state index in [4.69, 9.17) is 9.47 Å². The van der Waals surface area contributed by atoms with Gasteiger partial charge in [0.05, 0.1) is 18.7 Å². The molecule has 1 saturated heterocycles. The van der Waals surface area contributed by atoms with Gasteiger partial charge in [-0.2, -0.15) is 0 Å². The van der Waals surface area contributed by atoms with Gasteiger partial charge in [0.2, 0.25) is 10.0 Å². The van der Waals surface area contributed by atoms with E-state index in [-0.39, 0.29) is 29.1 Å². The molecule has 126 valence electrons. The second-order valence-corrected chi connectivity index (χ2v) is 7.37. The number of nitrogens with one attached hydrogen (secondary N) is 2. The Morgan fingerprint density at radius 3 is 2.55 bits per heavy atom. The van der Waals surface area contributed by atoms with E-state index in [0.717, 1.165) is 19.4 Å². The number of ether oxygens (including phenoxy) is 2. The first-order valence-corrected chi connectivity index (χ1v) is 8.90. The normalized spacial score (nSPS) is 17.9. The maximum Gasteiger partial charge on any atom is 0.244 e. The molecule has 0 bridgehead atoms. The number of benzene rings is 1. The molecule has 0 radical (unpaired) electrons. The van der Waals surface area contributed by atoms with Crippen LogP contribution in [-0.2, 0) is 10.0 Å². The smallest absolute Gasteiger partial charge is 0.244 e. The van der Waals surface area contributed by atoms with Crippen LogP contribution in [0.4, 0.5) is 0 Å². The highest BCUT2D eigenvalue weighted by atomic mass is 79.9. The van der Waals surface area contributed by atoms with Crippen LogP contribution in [0.25, 0.3) is 0 Å². The van der Waals surface area contributed by atoms with Crippen molar-refractivity contribution >= 4 is 38.4 Å². The van der Waals surface area contributed by atoms with Crippen LogP contribution in [0.5, 0.6) is 11.5 Å². The predicted octanol–water partition coefficient (Wildman–Crippen LogP) is 1.92. The molecule has 2 N–H and O–H groups in total. The molecular formula is C13H20BrClN2O4S. The maximum absolute atomic E-state index is 12.5. The van der Waals surface area contributed by atoms with Crippen LogP contribution >= 0.6 is 28.3 Å². The van der Waals surface area contributed by atoms with E-state index in [1.54, 1.807) is 6.07 Å². The van der Waals surface area contributed by atoms with Gasteiger partial charge in [-0.3, -0.25) is 0 Å². The quantitative estimate of drug-likeness (QED) is 0.742. The van der Waals surface area contributed by atoms with Crippen molar-refractivity contribution in [2.24, 2.45) is 0 Å². The molecule has 1 aromatic carbocycles. The fourth-order valence-corrected chi connectivity index (χ4v) is 3.99. The highest BCUT2D eigenvalue weighted by Crippen LogP contribution is 2.35. The molecule has 1 fully saturated rings. The Hall–Kier alpha value is -0.540. The third-order valence-corrected chi connectivity index (χ3v) is 5.47. The lowest BCUT2D eigenvalue weighted by atomic mass is 10.2. The van der Waals surface area contributed by atoms with Crippen molar-refractivity contribution in [1.29, 1.82) is 0 Å². The van der Waals surface area contributed by atoms with E-state index in [9.17, 15) is 8.42 Å². The molecule has 2 rings (SSSR count). The van der Waals surface area contributed by atoms with Crippen LogP contribution in [0.3, 0.4) is 0 Å². The standard InChI is InChI=1S/C13H19BrN2O4S.ClH/c1-19-11-7-13(12(20-2)6-10(11)14)21(17,18)16-8-9-4-3-5-15-9;/h6-7,9,15-16H,3-5,8H2,1-2H3;1H. The summed E-state index contributed by atoms with van der Waals surface area (Å²) in [6, 6.07) is 3.22. The fourth-order valence-electron chi connectivity index (χ4n) is 2.26. The molecule has 22 heavy (non-hydrogen) atoms. The summed E-state index contributed by atoms with van der Waals surface area (Å²) in [6.45, 7) is 1.30. The third-order valence-electron chi connectivity index (χ3n) is 3.41. The second kappa shape index (κ2) is 8.35. The van der Waals surface area contributed by atoms with E-state index < -0.39 is 10.0 Å². The molecule has 0 aliphatic carbocycles. The van der Waals surface area contributed by atoms with E-state index in [1.807, 2.05) is 0 Å².